The number of hydrogen-bond acceptors (Lipinski definition) is 3. The molecule has 2 aliphatic rings. The maximum atomic E-state index is 12.7. The van der Waals surface area contributed by atoms with E-state index in [-0.39, 0.29) is 5.91 Å². The van der Waals surface area contributed by atoms with Gasteiger partial charge in [0, 0.05) is 38.3 Å². The second kappa shape index (κ2) is 7.85. The van der Waals surface area contributed by atoms with Crippen LogP contribution in [0.2, 0.25) is 0 Å². The molecule has 0 aromatic heterocycles. The Hall–Kier alpha value is -1.44. The molecule has 1 amide bonds. The quantitative estimate of drug-likeness (QED) is 0.840. The third kappa shape index (κ3) is 4.80. The molecule has 1 saturated carbocycles. The van der Waals surface area contributed by atoms with Gasteiger partial charge in [-0.3, -0.25) is 4.79 Å². The molecule has 25 heavy (non-hydrogen) atoms. The Morgan fingerprint density at radius 1 is 1.12 bits per heavy atom. The number of benzene rings is 1. The van der Waals surface area contributed by atoms with E-state index in [9.17, 15) is 13.2 Å². The highest BCUT2D eigenvalue weighted by atomic mass is 32.2. The minimum atomic E-state index is -3.43. The standard InChI is InChI=1S/C18H27N3O3S/c1-20(25(23,24)21-12-4-2-3-5-13-21)14-15-6-8-16(9-7-15)18(22)19-17-10-11-17/h6-9,17H,2-5,10-14H2,1H3,(H,19,22). The topological polar surface area (TPSA) is 69.7 Å². The Bertz CT molecular complexity index is 691. The molecule has 1 N–H and O–H groups in total. The molecule has 0 atom stereocenters. The van der Waals surface area contributed by atoms with Crippen molar-refractivity contribution in [3.05, 3.63) is 35.4 Å². The van der Waals surface area contributed by atoms with Gasteiger partial charge in [-0.15, -0.1) is 0 Å². The van der Waals surface area contributed by atoms with Crippen molar-refractivity contribution < 1.29 is 13.2 Å². The monoisotopic (exact) mass is 365 g/mol. The predicted octanol–water partition coefficient (Wildman–Crippen LogP) is 2.13. The first kappa shape index (κ1) is 18.4. The zero-order valence-electron chi connectivity index (χ0n) is 14.8. The van der Waals surface area contributed by atoms with Gasteiger partial charge in [0.05, 0.1) is 0 Å². The molecule has 1 saturated heterocycles. The molecule has 2 fully saturated rings. The molecule has 7 heteroatoms. The van der Waals surface area contributed by atoms with Crippen LogP contribution in [0.4, 0.5) is 0 Å². The van der Waals surface area contributed by atoms with Crippen molar-refractivity contribution in [2.75, 3.05) is 20.1 Å². The average molecular weight is 365 g/mol. The fourth-order valence-corrected chi connectivity index (χ4v) is 4.49. The van der Waals surface area contributed by atoms with E-state index in [1.807, 2.05) is 12.1 Å². The molecule has 3 rings (SSSR count). The van der Waals surface area contributed by atoms with E-state index < -0.39 is 10.2 Å². The van der Waals surface area contributed by atoms with Crippen LogP contribution in [0.1, 0.15) is 54.4 Å². The highest BCUT2D eigenvalue weighted by Gasteiger charge is 2.27. The smallest absolute Gasteiger partial charge is 0.282 e. The minimum absolute atomic E-state index is 0.0559. The number of carbonyl (C=O) groups excluding carboxylic acids is 1. The third-order valence-corrected chi connectivity index (χ3v) is 6.75. The van der Waals surface area contributed by atoms with Gasteiger partial charge in [-0.25, -0.2) is 0 Å². The molecule has 0 bridgehead atoms. The van der Waals surface area contributed by atoms with Crippen LogP contribution in [-0.4, -0.2) is 49.1 Å². The normalized spacial score (nSPS) is 19.6. The largest absolute Gasteiger partial charge is 0.349 e. The fourth-order valence-electron chi connectivity index (χ4n) is 3.07. The second-order valence-corrected chi connectivity index (χ2v) is 9.06. The number of amides is 1. The van der Waals surface area contributed by atoms with E-state index in [0.717, 1.165) is 44.1 Å². The minimum Gasteiger partial charge on any atom is -0.349 e. The summed E-state index contributed by atoms with van der Waals surface area (Å²) in [5.41, 5.74) is 1.50. The molecular formula is C18H27N3O3S. The van der Waals surface area contributed by atoms with E-state index in [1.54, 1.807) is 23.5 Å². The Kier molecular flexibility index (Phi) is 5.76. The van der Waals surface area contributed by atoms with E-state index in [0.29, 0.717) is 31.2 Å². The lowest BCUT2D eigenvalue weighted by Gasteiger charge is -2.26. The van der Waals surface area contributed by atoms with Crippen molar-refractivity contribution in [1.29, 1.82) is 0 Å². The predicted molar refractivity (Wildman–Crippen MR) is 97.4 cm³/mol. The summed E-state index contributed by atoms with van der Waals surface area (Å²) >= 11 is 0. The SMILES string of the molecule is CN(Cc1ccc(C(=O)NC2CC2)cc1)S(=O)(=O)N1CCCCCC1. The summed E-state index contributed by atoms with van der Waals surface area (Å²) in [4.78, 5) is 12.0. The number of carbonyl (C=O) groups is 1. The summed E-state index contributed by atoms with van der Waals surface area (Å²) in [7, 11) is -1.81. The molecule has 138 valence electrons. The lowest BCUT2D eigenvalue weighted by atomic mass is 10.1. The van der Waals surface area contributed by atoms with E-state index >= 15 is 0 Å². The Morgan fingerprint density at radius 3 is 2.28 bits per heavy atom. The molecule has 6 nitrogen and oxygen atoms in total. The van der Waals surface area contributed by atoms with Crippen molar-refractivity contribution in [2.45, 2.75) is 51.1 Å². The van der Waals surface area contributed by atoms with Gasteiger partial charge in [0.1, 0.15) is 0 Å². The first-order chi connectivity index (χ1) is 12.0. The summed E-state index contributed by atoms with van der Waals surface area (Å²) in [6, 6.07) is 7.52. The summed E-state index contributed by atoms with van der Waals surface area (Å²) in [6.07, 6.45) is 6.17. The van der Waals surface area contributed by atoms with Crippen LogP contribution in [0.5, 0.6) is 0 Å². The molecule has 1 heterocycles. The molecular weight excluding hydrogens is 338 g/mol. The van der Waals surface area contributed by atoms with Gasteiger partial charge < -0.3 is 5.32 Å². The Morgan fingerprint density at radius 2 is 1.72 bits per heavy atom. The lowest BCUT2D eigenvalue weighted by Crippen LogP contribution is -2.42. The first-order valence-electron chi connectivity index (χ1n) is 9.08. The van der Waals surface area contributed by atoms with Gasteiger partial charge in [0.25, 0.3) is 16.1 Å². The zero-order chi connectivity index (χ0) is 17.9. The van der Waals surface area contributed by atoms with E-state index in [2.05, 4.69) is 5.32 Å². The summed E-state index contributed by atoms with van der Waals surface area (Å²) in [5, 5.41) is 2.95. The fraction of sp³-hybridized carbons (Fsp3) is 0.611. The molecule has 1 aromatic carbocycles. The molecule has 0 unspecified atom stereocenters. The summed E-state index contributed by atoms with van der Waals surface area (Å²) < 4.78 is 28.5. The highest BCUT2D eigenvalue weighted by molar-refractivity contribution is 7.86. The van der Waals surface area contributed by atoms with Crippen molar-refractivity contribution in [1.82, 2.24) is 13.9 Å². The molecule has 1 aromatic rings. The van der Waals surface area contributed by atoms with Gasteiger partial charge in [-0.1, -0.05) is 25.0 Å². The molecule has 1 aliphatic heterocycles. The second-order valence-electron chi connectivity index (χ2n) is 7.02. The molecule has 1 aliphatic carbocycles. The molecule has 0 spiro atoms. The van der Waals surface area contributed by atoms with Crippen molar-refractivity contribution in [3.63, 3.8) is 0 Å². The van der Waals surface area contributed by atoms with Crippen LogP contribution >= 0.6 is 0 Å². The zero-order valence-corrected chi connectivity index (χ0v) is 15.6. The Labute approximate surface area is 150 Å². The lowest BCUT2D eigenvalue weighted by molar-refractivity contribution is 0.0951. The van der Waals surface area contributed by atoms with Crippen molar-refractivity contribution >= 4 is 16.1 Å². The van der Waals surface area contributed by atoms with Gasteiger partial charge in [-0.05, 0) is 43.4 Å². The maximum absolute atomic E-state index is 12.7. The van der Waals surface area contributed by atoms with Crippen LogP contribution in [0.3, 0.4) is 0 Å². The van der Waals surface area contributed by atoms with Gasteiger partial charge >= 0.3 is 0 Å². The summed E-state index contributed by atoms with van der Waals surface area (Å²) in [6.45, 7) is 1.52. The Balaban J connectivity index is 1.61. The number of hydrogen-bond donors (Lipinski definition) is 1. The van der Waals surface area contributed by atoms with E-state index in [4.69, 9.17) is 0 Å². The van der Waals surface area contributed by atoms with Crippen LogP contribution < -0.4 is 5.32 Å². The number of nitrogens with one attached hydrogen (secondary N) is 1. The van der Waals surface area contributed by atoms with Crippen LogP contribution in [-0.2, 0) is 16.8 Å². The van der Waals surface area contributed by atoms with Crippen molar-refractivity contribution in [2.24, 2.45) is 0 Å². The number of rotatable bonds is 6. The average Bonchev–Trinajstić information content (AvgIpc) is 3.41. The van der Waals surface area contributed by atoms with Gasteiger partial charge in [-0.2, -0.15) is 17.0 Å². The summed E-state index contributed by atoms with van der Waals surface area (Å²) in [5.74, 6) is -0.0559. The van der Waals surface area contributed by atoms with Gasteiger partial charge in [0.2, 0.25) is 0 Å². The molecule has 0 radical (unpaired) electrons. The maximum Gasteiger partial charge on any atom is 0.282 e. The number of nitrogens with zero attached hydrogens (tertiary/aromatic N) is 2. The highest BCUT2D eigenvalue weighted by Crippen LogP contribution is 2.20. The third-order valence-electron chi connectivity index (χ3n) is 4.82. The van der Waals surface area contributed by atoms with Gasteiger partial charge in [0.15, 0.2) is 0 Å². The van der Waals surface area contributed by atoms with E-state index in [1.165, 1.54) is 4.31 Å². The van der Waals surface area contributed by atoms with Crippen LogP contribution in [0.25, 0.3) is 0 Å². The van der Waals surface area contributed by atoms with Crippen molar-refractivity contribution in [3.8, 4) is 0 Å². The van der Waals surface area contributed by atoms with Crippen LogP contribution in [0.15, 0.2) is 24.3 Å². The first-order valence-corrected chi connectivity index (χ1v) is 10.5. The van der Waals surface area contributed by atoms with Crippen LogP contribution in [0, 0.1) is 0 Å².